The van der Waals surface area contributed by atoms with Gasteiger partial charge in [0.05, 0.1) is 6.61 Å². The van der Waals surface area contributed by atoms with Crippen molar-refractivity contribution in [2.75, 3.05) is 6.61 Å². The van der Waals surface area contributed by atoms with E-state index in [-0.39, 0.29) is 5.97 Å². The van der Waals surface area contributed by atoms with Crippen molar-refractivity contribution in [3.05, 3.63) is 11.5 Å². The van der Waals surface area contributed by atoms with Crippen LogP contribution in [0.25, 0.3) is 0 Å². The van der Waals surface area contributed by atoms with E-state index in [4.69, 9.17) is 9.47 Å². The SMILES string of the molecule is CCCCOC(=O)C1=C(C)O1. The molecule has 0 aromatic heterocycles. The summed E-state index contributed by atoms with van der Waals surface area (Å²) in [7, 11) is 0. The van der Waals surface area contributed by atoms with Crippen molar-refractivity contribution in [2.24, 2.45) is 0 Å². The molecule has 0 radical (unpaired) electrons. The van der Waals surface area contributed by atoms with Crippen molar-refractivity contribution in [3.63, 3.8) is 0 Å². The minimum absolute atomic E-state index is 0.323. The van der Waals surface area contributed by atoms with Crippen LogP contribution in [0.2, 0.25) is 0 Å². The van der Waals surface area contributed by atoms with Crippen molar-refractivity contribution < 1.29 is 14.3 Å². The normalized spacial score (nSPS) is 14.4. The Hall–Kier alpha value is -0.990. The lowest BCUT2D eigenvalue weighted by Gasteiger charge is -1.97. The number of carbonyl (C=O) groups excluding carboxylic acids is 1. The van der Waals surface area contributed by atoms with Gasteiger partial charge in [-0.05, 0) is 13.3 Å². The first kappa shape index (κ1) is 8.11. The molecular formula is C8H12O3. The molecule has 1 heterocycles. The first-order valence-corrected chi connectivity index (χ1v) is 3.81. The lowest BCUT2D eigenvalue weighted by molar-refractivity contribution is -0.140. The van der Waals surface area contributed by atoms with Crippen LogP contribution in [0.4, 0.5) is 0 Å². The maximum absolute atomic E-state index is 10.9. The molecule has 0 saturated heterocycles. The van der Waals surface area contributed by atoms with Crippen LogP contribution in [0.3, 0.4) is 0 Å². The Balaban J connectivity index is 2.13. The molecular weight excluding hydrogens is 144 g/mol. The second-order valence-corrected chi connectivity index (χ2v) is 2.48. The Bertz CT molecular complexity index is 194. The fraction of sp³-hybridized carbons (Fsp3) is 0.625. The molecule has 0 saturated carbocycles. The third-order valence-corrected chi connectivity index (χ3v) is 1.45. The average Bonchev–Trinajstić information content (AvgIpc) is 2.67. The highest BCUT2D eigenvalue weighted by molar-refractivity contribution is 5.90. The van der Waals surface area contributed by atoms with Crippen molar-refractivity contribution in [1.82, 2.24) is 0 Å². The van der Waals surface area contributed by atoms with Crippen LogP contribution in [0.5, 0.6) is 0 Å². The number of allylic oxidation sites excluding steroid dienone is 1. The van der Waals surface area contributed by atoms with Crippen LogP contribution in [-0.2, 0) is 14.3 Å². The Morgan fingerprint density at radius 3 is 2.73 bits per heavy atom. The second kappa shape index (κ2) is 3.42. The van der Waals surface area contributed by atoms with Gasteiger partial charge in [0.15, 0.2) is 5.76 Å². The molecule has 0 aromatic carbocycles. The number of ether oxygens (including phenoxy) is 2. The second-order valence-electron chi connectivity index (χ2n) is 2.48. The minimum Gasteiger partial charge on any atom is -0.460 e. The molecule has 0 atom stereocenters. The number of hydrogen-bond acceptors (Lipinski definition) is 3. The molecule has 0 aliphatic carbocycles. The van der Waals surface area contributed by atoms with Crippen molar-refractivity contribution in [3.8, 4) is 0 Å². The predicted molar refractivity (Wildman–Crippen MR) is 39.7 cm³/mol. The van der Waals surface area contributed by atoms with E-state index in [1.807, 2.05) is 6.92 Å². The predicted octanol–water partition coefficient (Wildman–Crippen LogP) is 1.59. The summed E-state index contributed by atoms with van der Waals surface area (Å²) < 4.78 is 9.62. The summed E-state index contributed by atoms with van der Waals surface area (Å²) in [6.45, 7) is 4.29. The zero-order valence-corrected chi connectivity index (χ0v) is 6.85. The summed E-state index contributed by atoms with van der Waals surface area (Å²) in [6, 6.07) is 0. The summed E-state index contributed by atoms with van der Waals surface area (Å²) in [5, 5.41) is 0. The van der Waals surface area contributed by atoms with Gasteiger partial charge in [0.25, 0.3) is 0 Å². The Morgan fingerprint density at radius 2 is 2.27 bits per heavy atom. The van der Waals surface area contributed by atoms with Gasteiger partial charge in [0, 0.05) is 0 Å². The molecule has 3 heteroatoms. The van der Waals surface area contributed by atoms with Crippen LogP contribution < -0.4 is 0 Å². The standard InChI is InChI=1S/C8H12O3/c1-3-4-5-10-8(9)7-6(2)11-7/h3-5H2,1-2H3. The van der Waals surface area contributed by atoms with Crippen LogP contribution in [0.1, 0.15) is 26.7 Å². The van der Waals surface area contributed by atoms with E-state index in [1.54, 1.807) is 6.92 Å². The first-order chi connectivity index (χ1) is 5.25. The van der Waals surface area contributed by atoms with E-state index in [0.717, 1.165) is 12.8 Å². The molecule has 0 N–H and O–H groups in total. The monoisotopic (exact) mass is 156 g/mol. The molecule has 1 aliphatic rings. The third-order valence-electron chi connectivity index (χ3n) is 1.45. The van der Waals surface area contributed by atoms with Gasteiger partial charge in [-0.3, -0.25) is 0 Å². The average molecular weight is 156 g/mol. The summed E-state index contributed by atoms with van der Waals surface area (Å²) in [5.41, 5.74) is 0. The van der Waals surface area contributed by atoms with E-state index in [0.29, 0.717) is 18.1 Å². The molecule has 11 heavy (non-hydrogen) atoms. The molecule has 1 aliphatic heterocycles. The minimum atomic E-state index is -0.323. The Labute approximate surface area is 66.0 Å². The number of carbonyl (C=O) groups is 1. The summed E-state index contributed by atoms with van der Waals surface area (Å²) in [4.78, 5) is 10.9. The van der Waals surface area contributed by atoms with Crippen LogP contribution in [-0.4, -0.2) is 12.6 Å². The number of esters is 1. The zero-order chi connectivity index (χ0) is 8.27. The zero-order valence-electron chi connectivity index (χ0n) is 6.85. The largest absolute Gasteiger partial charge is 0.460 e. The van der Waals surface area contributed by atoms with Crippen molar-refractivity contribution >= 4 is 5.97 Å². The van der Waals surface area contributed by atoms with Crippen LogP contribution >= 0.6 is 0 Å². The molecule has 0 bridgehead atoms. The molecule has 62 valence electrons. The molecule has 0 unspecified atom stereocenters. The summed E-state index contributed by atoms with van der Waals surface area (Å²) in [6.07, 6.45) is 1.95. The van der Waals surface area contributed by atoms with E-state index in [2.05, 4.69) is 0 Å². The molecule has 0 aromatic rings. The van der Waals surface area contributed by atoms with Gasteiger partial charge in [-0.2, -0.15) is 0 Å². The molecule has 3 nitrogen and oxygen atoms in total. The van der Waals surface area contributed by atoms with Gasteiger partial charge in [-0.25, -0.2) is 4.79 Å². The first-order valence-electron chi connectivity index (χ1n) is 3.81. The van der Waals surface area contributed by atoms with Crippen LogP contribution in [0.15, 0.2) is 11.5 Å². The van der Waals surface area contributed by atoms with Gasteiger partial charge >= 0.3 is 5.97 Å². The van der Waals surface area contributed by atoms with Crippen molar-refractivity contribution in [1.29, 1.82) is 0 Å². The molecule has 0 spiro atoms. The van der Waals surface area contributed by atoms with Gasteiger partial charge in [-0.1, -0.05) is 13.3 Å². The quantitative estimate of drug-likeness (QED) is 0.458. The van der Waals surface area contributed by atoms with Gasteiger partial charge in [-0.15, -0.1) is 0 Å². The Morgan fingerprint density at radius 1 is 1.64 bits per heavy atom. The maximum Gasteiger partial charge on any atom is 0.377 e. The summed E-state index contributed by atoms with van der Waals surface area (Å²) in [5.74, 6) is 0.753. The van der Waals surface area contributed by atoms with E-state index in [9.17, 15) is 4.79 Å². The number of hydrogen-bond donors (Lipinski definition) is 0. The highest BCUT2D eigenvalue weighted by Crippen LogP contribution is 2.25. The smallest absolute Gasteiger partial charge is 0.377 e. The molecule has 0 fully saturated rings. The van der Waals surface area contributed by atoms with Gasteiger partial charge in [0.1, 0.15) is 0 Å². The third kappa shape index (κ3) is 2.26. The topological polar surface area (TPSA) is 38.8 Å². The fourth-order valence-electron chi connectivity index (χ4n) is 0.688. The molecule has 1 rings (SSSR count). The lowest BCUT2D eigenvalue weighted by atomic mass is 10.4. The van der Waals surface area contributed by atoms with Crippen molar-refractivity contribution in [2.45, 2.75) is 26.7 Å². The fourth-order valence-corrected chi connectivity index (χ4v) is 0.688. The highest BCUT2D eigenvalue weighted by Gasteiger charge is 2.29. The lowest BCUT2D eigenvalue weighted by Crippen LogP contribution is -2.03. The van der Waals surface area contributed by atoms with E-state index in [1.165, 1.54) is 0 Å². The van der Waals surface area contributed by atoms with Crippen LogP contribution in [0, 0.1) is 0 Å². The summed E-state index contributed by atoms with van der Waals surface area (Å²) >= 11 is 0. The van der Waals surface area contributed by atoms with E-state index < -0.39 is 0 Å². The maximum atomic E-state index is 10.9. The van der Waals surface area contributed by atoms with Gasteiger partial charge < -0.3 is 9.47 Å². The van der Waals surface area contributed by atoms with Gasteiger partial charge in [0.2, 0.25) is 5.76 Å². The highest BCUT2D eigenvalue weighted by atomic mass is 16.6. The van der Waals surface area contributed by atoms with E-state index >= 15 is 0 Å². The Kier molecular flexibility index (Phi) is 2.52. The number of unbranched alkanes of at least 4 members (excludes halogenated alkanes) is 1. The molecule has 0 amide bonds. The number of rotatable bonds is 4.